The highest BCUT2D eigenvalue weighted by molar-refractivity contribution is 6.33. The Bertz CT molecular complexity index is 757. The first-order valence-electron chi connectivity index (χ1n) is 8.97. The Morgan fingerprint density at radius 1 is 1.11 bits per heavy atom. The number of carbonyl (C=O) groups is 1. The standard InChI is InChI=1S/C20H23ClFN3O2/c21-17-12-16(6-7-23)13-18(22)19(17)24-8-10-25(11-9-24)20(26)27-14-15-4-2-1-3-5-15/h1-5,12-13H,6-11,14,23H2. The molecule has 1 heterocycles. The molecule has 2 aromatic rings. The summed E-state index contributed by atoms with van der Waals surface area (Å²) in [5, 5.41) is 0.374. The molecule has 0 spiro atoms. The Kier molecular flexibility index (Phi) is 6.53. The lowest BCUT2D eigenvalue weighted by Crippen LogP contribution is -2.49. The molecule has 0 bridgehead atoms. The van der Waals surface area contributed by atoms with Crippen LogP contribution in [0, 0.1) is 5.82 Å². The topological polar surface area (TPSA) is 58.8 Å². The number of anilines is 1. The van der Waals surface area contributed by atoms with Crippen molar-refractivity contribution < 1.29 is 13.9 Å². The highest BCUT2D eigenvalue weighted by Crippen LogP contribution is 2.31. The average Bonchev–Trinajstić information content (AvgIpc) is 2.67. The lowest BCUT2D eigenvalue weighted by Gasteiger charge is -2.36. The summed E-state index contributed by atoms with van der Waals surface area (Å²) >= 11 is 6.29. The molecule has 1 saturated heterocycles. The third kappa shape index (κ3) is 4.90. The van der Waals surface area contributed by atoms with Crippen LogP contribution in [0.15, 0.2) is 42.5 Å². The van der Waals surface area contributed by atoms with Crippen molar-refractivity contribution in [3.05, 3.63) is 64.4 Å². The molecule has 144 valence electrons. The second-order valence-corrected chi connectivity index (χ2v) is 6.87. The number of piperazine rings is 1. The molecule has 2 N–H and O–H groups in total. The summed E-state index contributed by atoms with van der Waals surface area (Å²) in [5.41, 5.74) is 7.63. The van der Waals surface area contributed by atoms with Crippen LogP contribution in [-0.2, 0) is 17.8 Å². The van der Waals surface area contributed by atoms with Crippen LogP contribution in [0.25, 0.3) is 0 Å². The molecule has 0 aliphatic carbocycles. The number of nitrogens with zero attached hydrogens (tertiary/aromatic N) is 2. The van der Waals surface area contributed by atoms with Gasteiger partial charge in [-0.2, -0.15) is 0 Å². The van der Waals surface area contributed by atoms with Crippen molar-refractivity contribution in [1.82, 2.24) is 4.90 Å². The van der Waals surface area contributed by atoms with E-state index in [0.717, 1.165) is 11.1 Å². The molecule has 0 unspecified atom stereocenters. The monoisotopic (exact) mass is 391 g/mol. The summed E-state index contributed by atoms with van der Waals surface area (Å²) < 4.78 is 19.9. The van der Waals surface area contributed by atoms with E-state index in [4.69, 9.17) is 22.1 Å². The number of ether oxygens (including phenoxy) is 1. The maximum absolute atomic E-state index is 14.5. The predicted molar refractivity (Wildman–Crippen MR) is 105 cm³/mol. The second-order valence-electron chi connectivity index (χ2n) is 6.46. The zero-order chi connectivity index (χ0) is 19.2. The fourth-order valence-corrected chi connectivity index (χ4v) is 3.50. The lowest BCUT2D eigenvalue weighted by atomic mass is 10.1. The zero-order valence-electron chi connectivity index (χ0n) is 15.0. The van der Waals surface area contributed by atoms with Crippen molar-refractivity contribution in [2.45, 2.75) is 13.0 Å². The summed E-state index contributed by atoms with van der Waals surface area (Å²) in [7, 11) is 0. The second kappa shape index (κ2) is 9.06. The Balaban J connectivity index is 1.56. The minimum absolute atomic E-state index is 0.239. The Hall–Kier alpha value is -2.31. The largest absolute Gasteiger partial charge is 0.445 e. The maximum atomic E-state index is 14.5. The predicted octanol–water partition coefficient (Wildman–Crippen LogP) is 3.44. The van der Waals surface area contributed by atoms with Gasteiger partial charge in [-0.15, -0.1) is 0 Å². The summed E-state index contributed by atoms with van der Waals surface area (Å²) in [5.74, 6) is -0.356. The number of amides is 1. The fourth-order valence-electron chi connectivity index (χ4n) is 3.15. The Morgan fingerprint density at radius 2 is 1.81 bits per heavy atom. The third-order valence-corrected chi connectivity index (χ3v) is 4.86. The Morgan fingerprint density at radius 3 is 2.44 bits per heavy atom. The van der Waals surface area contributed by atoms with E-state index < -0.39 is 0 Å². The van der Waals surface area contributed by atoms with Crippen molar-refractivity contribution in [2.75, 3.05) is 37.6 Å². The van der Waals surface area contributed by atoms with Crippen LogP contribution in [-0.4, -0.2) is 43.7 Å². The van der Waals surface area contributed by atoms with Crippen LogP contribution in [0.3, 0.4) is 0 Å². The first-order chi connectivity index (χ1) is 13.1. The average molecular weight is 392 g/mol. The normalized spacial score (nSPS) is 14.3. The number of nitrogens with two attached hydrogens (primary N) is 1. The molecule has 0 radical (unpaired) electrons. The van der Waals surface area contributed by atoms with E-state index in [1.165, 1.54) is 6.07 Å². The van der Waals surface area contributed by atoms with Gasteiger partial charge in [-0.05, 0) is 36.2 Å². The zero-order valence-corrected chi connectivity index (χ0v) is 15.8. The van der Waals surface area contributed by atoms with E-state index in [9.17, 15) is 9.18 Å². The number of hydrogen-bond acceptors (Lipinski definition) is 4. The number of hydrogen-bond donors (Lipinski definition) is 1. The van der Waals surface area contributed by atoms with Gasteiger partial charge in [0, 0.05) is 26.2 Å². The number of carbonyl (C=O) groups excluding carboxylic acids is 1. The molecular weight excluding hydrogens is 369 g/mol. The molecular formula is C20H23ClFN3O2. The van der Waals surface area contributed by atoms with E-state index in [1.54, 1.807) is 11.0 Å². The minimum Gasteiger partial charge on any atom is -0.445 e. The van der Waals surface area contributed by atoms with E-state index in [-0.39, 0.29) is 18.5 Å². The highest BCUT2D eigenvalue weighted by atomic mass is 35.5. The van der Waals surface area contributed by atoms with E-state index in [0.29, 0.717) is 49.9 Å². The van der Waals surface area contributed by atoms with Crippen molar-refractivity contribution in [2.24, 2.45) is 5.73 Å². The SMILES string of the molecule is NCCc1cc(F)c(N2CCN(C(=O)OCc3ccccc3)CC2)c(Cl)c1. The summed E-state index contributed by atoms with van der Waals surface area (Å²) in [6.45, 7) is 2.57. The molecule has 3 rings (SSSR count). The molecule has 1 fully saturated rings. The molecule has 1 amide bonds. The van der Waals surface area contributed by atoms with Gasteiger partial charge in [0.15, 0.2) is 0 Å². The van der Waals surface area contributed by atoms with Crippen LogP contribution in [0.2, 0.25) is 5.02 Å². The maximum Gasteiger partial charge on any atom is 0.410 e. The fraction of sp³-hybridized carbons (Fsp3) is 0.350. The van der Waals surface area contributed by atoms with Crippen molar-refractivity contribution in [1.29, 1.82) is 0 Å². The van der Waals surface area contributed by atoms with Crippen molar-refractivity contribution >= 4 is 23.4 Å². The van der Waals surface area contributed by atoms with Gasteiger partial charge in [-0.25, -0.2) is 9.18 Å². The molecule has 0 saturated carbocycles. The van der Waals surface area contributed by atoms with Gasteiger partial charge in [0.1, 0.15) is 12.4 Å². The first kappa shape index (κ1) is 19.5. The quantitative estimate of drug-likeness (QED) is 0.848. The van der Waals surface area contributed by atoms with Crippen molar-refractivity contribution in [3.8, 4) is 0 Å². The number of benzene rings is 2. The van der Waals surface area contributed by atoms with Gasteiger partial charge in [0.2, 0.25) is 0 Å². The number of halogens is 2. The molecule has 7 heteroatoms. The molecule has 2 aromatic carbocycles. The van der Waals surface area contributed by atoms with Gasteiger partial charge in [-0.1, -0.05) is 41.9 Å². The van der Waals surface area contributed by atoms with Crippen molar-refractivity contribution in [3.63, 3.8) is 0 Å². The van der Waals surface area contributed by atoms with Crippen LogP contribution in [0.5, 0.6) is 0 Å². The van der Waals surface area contributed by atoms with Crippen LogP contribution < -0.4 is 10.6 Å². The van der Waals surface area contributed by atoms with Crippen LogP contribution in [0.1, 0.15) is 11.1 Å². The molecule has 1 aliphatic rings. The first-order valence-corrected chi connectivity index (χ1v) is 9.35. The summed E-state index contributed by atoms with van der Waals surface area (Å²) in [6.07, 6.45) is 0.223. The summed E-state index contributed by atoms with van der Waals surface area (Å²) in [4.78, 5) is 15.7. The molecule has 0 atom stereocenters. The van der Waals surface area contributed by atoms with Crippen LogP contribution >= 0.6 is 11.6 Å². The minimum atomic E-state index is -0.358. The lowest BCUT2D eigenvalue weighted by molar-refractivity contribution is 0.0941. The van der Waals surface area contributed by atoms with E-state index in [2.05, 4.69) is 0 Å². The van der Waals surface area contributed by atoms with Gasteiger partial charge < -0.3 is 20.3 Å². The van der Waals surface area contributed by atoms with Gasteiger partial charge in [0.25, 0.3) is 0 Å². The van der Waals surface area contributed by atoms with E-state index in [1.807, 2.05) is 35.2 Å². The molecule has 0 aromatic heterocycles. The molecule has 1 aliphatic heterocycles. The van der Waals surface area contributed by atoms with Gasteiger partial charge in [-0.3, -0.25) is 0 Å². The van der Waals surface area contributed by atoms with E-state index >= 15 is 0 Å². The smallest absolute Gasteiger partial charge is 0.410 e. The molecule has 5 nitrogen and oxygen atoms in total. The summed E-state index contributed by atoms with van der Waals surface area (Å²) in [6, 6.07) is 12.8. The molecule has 27 heavy (non-hydrogen) atoms. The van der Waals surface area contributed by atoms with Gasteiger partial charge in [0.05, 0.1) is 10.7 Å². The van der Waals surface area contributed by atoms with Crippen LogP contribution in [0.4, 0.5) is 14.9 Å². The third-order valence-electron chi connectivity index (χ3n) is 4.57. The number of rotatable bonds is 5. The highest BCUT2D eigenvalue weighted by Gasteiger charge is 2.25. The Labute approximate surface area is 163 Å². The van der Waals surface area contributed by atoms with Gasteiger partial charge >= 0.3 is 6.09 Å².